The van der Waals surface area contributed by atoms with Crippen LogP contribution in [-0.4, -0.2) is 57.4 Å². The van der Waals surface area contributed by atoms with E-state index in [0.717, 1.165) is 29.4 Å². The van der Waals surface area contributed by atoms with Crippen molar-refractivity contribution in [3.63, 3.8) is 0 Å². The lowest BCUT2D eigenvalue weighted by Crippen LogP contribution is -2.30. The van der Waals surface area contributed by atoms with Gasteiger partial charge in [0, 0.05) is 31.4 Å². The molecule has 1 atom stereocenters. The molecule has 37 heavy (non-hydrogen) atoms. The number of anilines is 1. The Labute approximate surface area is 219 Å². The number of piperidine rings is 1. The molecule has 0 spiro atoms. The molecule has 1 aliphatic rings. The van der Waals surface area contributed by atoms with E-state index in [1.54, 1.807) is 6.08 Å². The van der Waals surface area contributed by atoms with Crippen LogP contribution in [0.15, 0.2) is 42.0 Å². The molecule has 2 aromatic rings. The highest BCUT2D eigenvalue weighted by Crippen LogP contribution is 2.26. The first-order valence-electron chi connectivity index (χ1n) is 13.0. The SMILES string of the molecule is CC(C)[C@H](N)CC(=O)OCCOCCNC(=O)/C(C#N)=C/c1ccc2cc(N3CCCCC3)ccc2c1. The van der Waals surface area contributed by atoms with Gasteiger partial charge in [0.25, 0.3) is 5.91 Å². The van der Waals surface area contributed by atoms with Crippen molar-refractivity contribution in [2.45, 2.75) is 45.6 Å². The number of nitrogens with two attached hydrogens (primary N) is 1. The topological polar surface area (TPSA) is 118 Å². The molecule has 1 heterocycles. The summed E-state index contributed by atoms with van der Waals surface area (Å²) in [5.41, 5.74) is 7.91. The van der Waals surface area contributed by atoms with Gasteiger partial charge in [-0.1, -0.05) is 32.0 Å². The summed E-state index contributed by atoms with van der Waals surface area (Å²) >= 11 is 0. The third-order valence-corrected chi connectivity index (χ3v) is 6.53. The van der Waals surface area contributed by atoms with Crippen molar-refractivity contribution < 1.29 is 19.1 Å². The number of nitrogens with one attached hydrogen (secondary N) is 1. The molecule has 0 aliphatic carbocycles. The van der Waals surface area contributed by atoms with Gasteiger partial charge in [0.2, 0.25) is 0 Å². The van der Waals surface area contributed by atoms with Gasteiger partial charge in [-0.2, -0.15) is 5.26 Å². The lowest BCUT2D eigenvalue weighted by atomic mass is 10.0. The molecule has 198 valence electrons. The Hall–Kier alpha value is -3.41. The minimum absolute atomic E-state index is 0.0275. The zero-order chi connectivity index (χ0) is 26.6. The van der Waals surface area contributed by atoms with Crippen LogP contribution in [0.4, 0.5) is 5.69 Å². The van der Waals surface area contributed by atoms with Gasteiger partial charge in [0.05, 0.1) is 19.6 Å². The number of carbonyl (C=O) groups excluding carboxylic acids is 2. The highest BCUT2D eigenvalue weighted by molar-refractivity contribution is 6.02. The number of ether oxygens (including phenoxy) is 2. The van der Waals surface area contributed by atoms with Crippen LogP contribution >= 0.6 is 0 Å². The number of hydrogen-bond donors (Lipinski definition) is 2. The molecule has 0 unspecified atom stereocenters. The minimum Gasteiger partial charge on any atom is -0.463 e. The lowest BCUT2D eigenvalue weighted by Gasteiger charge is -2.29. The summed E-state index contributed by atoms with van der Waals surface area (Å²) < 4.78 is 10.5. The average molecular weight is 507 g/mol. The molecule has 8 heteroatoms. The van der Waals surface area contributed by atoms with E-state index < -0.39 is 5.91 Å². The molecule has 8 nitrogen and oxygen atoms in total. The number of nitrogens with zero attached hydrogens (tertiary/aromatic N) is 2. The molecule has 2 aromatic carbocycles. The highest BCUT2D eigenvalue weighted by Gasteiger charge is 2.14. The number of amides is 1. The van der Waals surface area contributed by atoms with Crippen molar-refractivity contribution in [3.8, 4) is 6.07 Å². The summed E-state index contributed by atoms with van der Waals surface area (Å²) in [5.74, 6) is -0.600. The Morgan fingerprint density at radius 2 is 1.81 bits per heavy atom. The fourth-order valence-electron chi connectivity index (χ4n) is 4.14. The maximum atomic E-state index is 12.5. The van der Waals surface area contributed by atoms with Crippen molar-refractivity contribution in [1.29, 1.82) is 5.26 Å². The van der Waals surface area contributed by atoms with E-state index in [0.29, 0.717) is 0 Å². The second-order valence-electron chi connectivity index (χ2n) is 9.71. The number of benzene rings is 2. The van der Waals surface area contributed by atoms with Crippen LogP contribution < -0.4 is 16.0 Å². The van der Waals surface area contributed by atoms with Crippen LogP contribution in [0.3, 0.4) is 0 Å². The minimum atomic E-state index is -0.458. The Balaban J connectivity index is 1.44. The van der Waals surface area contributed by atoms with E-state index in [4.69, 9.17) is 15.2 Å². The molecular weight excluding hydrogens is 468 g/mol. The number of esters is 1. The van der Waals surface area contributed by atoms with E-state index in [2.05, 4.69) is 28.4 Å². The van der Waals surface area contributed by atoms with Gasteiger partial charge in [0.15, 0.2) is 0 Å². The predicted molar refractivity (Wildman–Crippen MR) is 146 cm³/mol. The zero-order valence-corrected chi connectivity index (χ0v) is 21.9. The number of carbonyl (C=O) groups is 2. The standard InChI is InChI=1S/C29H38N4O4/c1-21(2)27(31)19-28(34)37-15-14-36-13-10-32-29(35)25(20-30)17-22-6-7-24-18-26(9-8-23(24)16-22)33-11-4-3-5-12-33/h6-9,16-18,21,27H,3-5,10-15,19,31H2,1-2H3,(H,32,35)/b25-17+/t27-/m1/s1. The first-order chi connectivity index (χ1) is 17.9. The van der Waals surface area contributed by atoms with Gasteiger partial charge in [-0.25, -0.2) is 0 Å². The van der Waals surface area contributed by atoms with Crippen LogP contribution in [0.25, 0.3) is 16.8 Å². The molecule has 1 fully saturated rings. The Morgan fingerprint density at radius 1 is 1.08 bits per heavy atom. The van der Waals surface area contributed by atoms with E-state index >= 15 is 0 Å². The predicted octanol–water partition coefficient (Wildman–Crippen LogP) is 3.79. The molecule has 0 radical (unpaired) electrons. The van der Waals surface area contributed by atoms with Crippen LogP contribution in [0.1, 0.15) is 45.1 Å². The van der Waals surface area contributed by atoms with Crippen molar-refractivity contribution in [3.05, 3.63) is 47.5 Å². The fourth-order valence-corrected chi connectivity index (χ4v) is 4.14. The van der Waals surface area contributed by atoms with Crippen LogP contribution in [0.2, 0.25) is 0 Å². The first-order valence-corrected chi connectivity index (χ1v) is 13.0. The smallest absolute Gasteiger partial charge is 0.307 e. The Bertz CT molecular complexity index is 1130. The summed E-state index contributed by atoms with van der Waals surface area (Å²) in [6.07, 6.45) is 5.53. The highest BCUT2D eigenvalue weighted by atomic mass is 16.6. The monoisotopic (exact) mass is 506 g/mol. The summed E-state index contributed by atoms with van der Waals surface area (Å²) in [6.45, 7) is 6.92. The molecule has 0 bridgehead atoms. The average Bonchev–Trinajstić information content (AvgIpc) is 2.91. The van der Waals surface area contributed by atoms with Crippen LogP contribution in [-0.2, 0) is 19.1 Å². The van der Waals surface area contributed by atoms with Gasteiger partial charge >= 0.3 is 5.97 Å². The fraction of sp³-hybridized carbons (Fsp3) is 0.483. The van der Waals surface area contributed by atoms with Gasteiger partial charge in [-0.05, 0) is 65.8 Å². The Morgan fingerprint density at radius 3 is 2.54 bits per heavy atom. The lowest BCUT2D eigenvalue weighted by molar-refractivity contribution is -0.145. The second kappa shape index (κ2) is 14.4. The Kier molecular flexibility index (Phi) is 10.9. The first kappa shape index (κ1) is 28.2. The molecule has 0 saturated carbocycles. The van der Waals surface area contributed by atoms with Gasteiger partial charge in [0.1, 0.15) is 18.2 Å². The summed E-state index contributed by atoms with van der Waals surface area (Å²) in [6, 6.07) is 14.1. The molecule has 1 saturated heterocycles. The van der Waals surface area contributed by atoms with Crippen LogP contribution in [0, 0.1) is 17.2 Å². The summed E-state index contributed by atoms with van der Waals surface area (Å²) in [5, 5.41) is 14.4. The zero-order valence-electron chi connectivity index (χ0n) is 21.9. The van der Waals surface area contributed by atoms with Gasteiger partial charge in [-0.3, -0.25) is 9.59 Å². The van der Waals surface area contributed by atoms with E-state index in [9.17, 15) is 14.9 Å². The maximum absolute atomic E-state index is 12.5. The third kappa shape index (κ3) is 8.88. The summed E-state index contributed by atoms with van der Waals surface area (Å²) in [4.78, 5) is 26.6. The van der Waals surface area contributed by atoms with Gasteiger partial charge in [-0.15, -0.1) is 0 Å². The van der Waals surface area contributed by atoms with Crippen molar-refractivity contribution in [1.82, 2.24) is 5.32 Å². The van der Waals surface area contributed by atoms with E-state index in [-0.39, 0.29) is 56.3 Å². The van der Waals surface area contributed by atoms with Crippen molar-refractivity contribution in [2.75, 3.05) is 44.4 Å². The number of nitriles is 1. The quantitative estimate of drug-likeness (QED) is 0.195. The van der Waals surface area contributed by atoms with Crippen molar-refractivity contribution in [2.24, 2.45) is 11.7 Å². The van der Waals surface area contributed by atoms with Crippen molar-refractivity contribution >= 4 is 34.4 Å². The largest absolute Gasteiger partial charge is 0.463 e. The molecule has 3 rings (SSSR count). The third-order valence-electron chi connectivity index (χ3n) is 6.53. The number of fused-ring (bicyclic) bond motifs is 1. The van der Waals surface area contributed by atoms with Crippen LogP contribution in [0.5, 0.6) is 0 Å². The summed E-state index contributed by atoms with van der Waals surface area (Å²) in [7, 11) is 0. The number of hydrogen-bond acceptors (Lipinski definition) is 7. The second-order valence-corrected chi connectivity index (χ2v) is 9.71. The van der Waals surface area contributed by atoms with E-state index in [1.807, 2.05) is 38.1 Å². The van der Waals surface area contributed by atoms with Gasteiger partial charge < -0.3 is 25.4 Å². The molecule has 0 aromatic heterocycles. The molecular formula is C29H38N4O4. The molecule has 1 aliphatic heterocycles. The van der Waals surface area contributed by atoms with E-state index in [1.165, 1.54) is 24.9 Å². The molecule has 1 amide bonds. The maximum Gasteiger partial charge on any atom is 0.307 e. The normalized spacial score (nSPS) is 14.9. The number of rotatable bonds is 12. The molecule has 3 N–H and O–H groups in total.